The highest BCUT2D eigenvalue weighted by Crippen LogP contribution is 2.26. The number of rotatable bonds is 3. The van der Waals surface area contributed by atoms with E-state index in [1.54, 1.807) is 0 Å². The van der Waals surface area contributed by atoms with Gasteiger partial charge in [-0.15, -0.1) is 0 Å². The lowest BCUT2D eigenvalue weighted by molar-refractivity contribution is -0.108. The van der Waals surface area contributed by atoms with E-state index < -0.39 is 0 Å². The number of hydrogen-bond donors (Lipinski definition) is 0. The molecule has 1 saturated heterocycles. The van der Waals surface area contributed by atoms with Crippen LogP contribution in [0.4, 0.5) is 5.69 Å². The minimum atomic E-state index is 0.00380. The highest BCUT2D eigenvalue weighted by molar-refractivity contribution is 5.64. The van der Waals surface area contributed by atoms with Crippen molar-refractivity contribution >= 4 is 12.0 Å². The molecule has 17 heavy (non-hydrogen) atoms. The van der Waals surface area contributed by atoms with Crippen LogP contribution in [0.3, 0.4) is 0 Å². The molecule has 1 heterocycles. The van der Waals surface area contributed by atoms with Crippen molar-refractivity contribution in [2.24, 2.45) is 0 Å². The highest BCUT2D eigenvalue weighted by Gasteiger charge is 2.14. The summed E-state index contributed by atoms with van der Waals surface area (Å²) in [5, 5.41) is 0. The molecule has 1 aromatic carbocycles. The van der Waals surface area contributed by atoms with Crippen molar-refractivity contribution in [3.05, 3.63) is 29.3 Å². The summed E-state index contributed by atoms with van der Waals surface area (Å²) in [6, 6.07) is 6.43. The van der Waals surface area contributed by atoms with Gasteiger partial charge in [0.15, 0.2) is 0 Å². The number of aryl methyl sites for hydroxylation is 1. The molecule has 1 aliphatic heterocycles. The summed E-state index contributed by atoms with van der Waals surface area (Å²) in [5.74, 6) is 0.00380. The Morgan fingerprint density at radius 2 is 1.94 bits per heavy atom. The van der Waals surface area contributed by atoms with Gasteiger partial charge in [-0.25, -0.2) is 0 Å². The monoisotopic (exact) mass is 231 g/mol. The van der Waals surface area contributed by atoms with Crippen molar-refractivity contribution in [2.75, 3.05) is 18.0 Å². The van der Waals surface area contributed by atoms with Gasteiger partial charge in [0.2, 0.25) is 0 Å². The van der Waals surface area contributed by atoms with Crippen LogP contribution in [0.15, 0.2) is 18.2 Å². The maximum atomic E-state index is 10.8. The molecular formula is C15H21NO. The third-order valence-electron chi connectivity index (χ3n) is 3.65. The Labute approximate surface area is 104 Å². The first kappa shape index (κ1) is 12.2. The average molecular weight is 231 g/mol. The van der Waals surface area contributed by atoms with E-state index >= 15 is 0 Å². The third-order valence-corrected chi connectivity index (χ3v) is 3.65. The molecule has 2 rings (SSSR count). The van der Waals surface area contributed by atoms with Crippen molar-refractivity contribution in [2.45, 2.75) is 39.0 Å². The van der Waals surface area contributed by atoms with Gasteiger partial charge in [-0.2, -0.15) is 0 Å². The number of hydrogen-bond acceptors (Lipinski definition) is 2. The number of benzene rings is 1. The van der Waals surface area contributed by atoms with Crippen molar-refractivity contribution in [3.63, 3.8) is 0 Å². The van der Waals surface area contributed by atoms with Crippen LogP contribution in [0.1, 0.15) is 43.2 Å². The second-order valence-corrected chi connectivity index (χ2v) is 5.02. The smallest absolute Gasteiger partial charge is 0.127 e. The molecule has 2 nitrogen and oxygen atoms in total. The van der Waals surface area contributed by atoms with E-state index in [0.717, 1.165) is 11.8 Å². The van der Waals surface area contributed by atoms with Crippen LogP contribution in [-0.2, 0) is 4.79 Å². The molecule has 1 unspecified atom stereocenters. The summed E-state index contributed by atoms with van der Waals surface area (Å²) in [6.45, 7) is 6.43. The largest absolute Gasteiger partial charge is 0.371 e. The topological polar surface area (TPSA) is 20.3 Å². The predicted molar refractivity (Wildman–Crippen MR) is 71.7 cm³/mol. The first-order chi connectivity index (χ1) is 8.22. The van der Waals surface area contributed by atoms with E-state index in [2.05, 4.69) is 30.0 Å². The lowest BCUT2D eigenvalue weighted by Crippen LogP contribution is -2.29. The molecule has 0 radical (unpaired) electrons. The average Bonchev–Trinajstić information content (AvgIpc) is 2.38. The lowest BCUT2D eigenvalue weighted by atomic mass is 9.98. The lowest BCUT2D eigenvalue weighted by Gasteiger charge is -2.30. The van der Waals surface area contributed by atoms with Gasteiger partial charge in [0.25, 0.3) is 0 Å². The SMILES string of the molecule is Cc1cc(C(C)C=O)ccc1N1CCCCC1. The third kappa shape index (κ3) is 2.68. The standard InChI is InChI=1S/C15H21NO/c1-12-10-14(13(2)11-17)6-7-15(12)16-8-4-3-5-9-16/h6-7,10-11,13H,3-5,8-9H2,1-2H3. The van der Waals surface area contributed by atoms with E-state index in [0.29, 0.717) is 0 Å². The Kier molecular flexibility index (Phi) is 3.82. The molecule has 0 N–H and O–H groups in total. The number of carbonyl (C=O) groups excluding carboxylic acids is 1. The van der Waals surface area contributed by atoms with E-state index in [9.17, 15) is 4.79 Å². The molecule has 1 aromatic rings. The number of anilines is 1. The van der Waals surface area contributed by atoms with E-state index in [1.165, 1.54) is 43.6 Å². The van der Waals surface area contributed by atoms with Crippen LogP contribution in [0.25, 0.3) is 0 Å². The summed E-state index contributed by atoms with van der Waals surface area (Å²) in [7, 11) is 0. The zero-order chi connectivity index (χ0) is 12.3. The highest BCUT2D eigenvalue weighted by atomic mass is 16.1. The molecule has 92 valence electrons. The van der Waals surface area contributed by atoms with Crippen LogP contribution >= 0.6 is 0 Å². The molecule has 0 aromatic heterocycles. The number of aldehydes is 1. The van der Waals surface area contributed by atoms with Gasteiger partial charge in [-0.1, -0.05) is 19.1 Å². The number of nitrogens with zero attached hydrogens (tertiary/aromatic N) is 1. The Hall–Kier alpha value is -1.31. The summed E-state index contributed by atoms with van der Waals surface area (Å²) in [5.41, 5.74) is 3.75. The fourth-order valence-electron chi connectivity index (χ4n) is 2.53. The zero-order valence-corrected chi connectivity index (χ0v) is 10.8. The Morgan fingerprint density at radius 3 is 2.53 bits per heavy atom. The second kappa shape index (κ2) is 5.35. The first-order valence-corrected chi connectivity index (χ1v) is 6.53. The van der Waals surface area contributed by atoms with Gasteiger partial charge < -0.3 is 9.69 Å². The summed E-state index contributed by atoms with van der Waals surface area (Å²) in [4.78, 5) is 13.3. The van der Waals surface area contributed by atoms with Gasteiger partial charge >= 0.3 is 0 Å². The van der Waals surface area contributed by atoms with Gasteiger partial charge in [-0.3, -0.25) is 0 Å². The first-order valence-electron chi connectivity index (χ1n) is 6.53. The fourth-order valence-corrected chi connectivity index (χ4v) is 2.53. The Morgan fingerprint density at radius 1 is 1.24 bits per heavy atom. The quantitative estimate of drug-likeness (QED) is 0.744. The number of carbonyl (C=O) groups is 1. The van der Waals surface area contributed by atoms with Gasteiger partial charge in [0.05, 0.1) is 0 Å². The van der Waals surface area contributed by atoms with Crippen LogP contribution in [-0.4, -0.2) is 19.4 Å². The van der Waals surface area contributed by atoms with E-state index in [4.69, 9.17) is 0 Å². The number of piperidine rings is 1. The summed E-state index contributed by atoms with van der Waals surface area (Å²) < 4.78 is 0. The van der Waals surface area contributed by atoms with Gasteiger partial charge in [0, 0.05) is 24.7 Å². The Balaban J connectivity index is 2.21. The van der Waals surface area contributed by atoms with Gasteiger partial charge in [0.1, 0.15) is 6.29 Å². The molecule has 0 spiro atoms. The fraction of sp³-hybridized carbons (Fsp3) is 0.533. The molecule has 1 atom stereocenters. The van der Waals surface area contributed by atoms with Crippen LogP contribution in [0.2, 0.25) is 0 Å². The molecule has 0 bridgehead atoms. The summed E-state index contributed by atoms with van der Waals surface area (Å²) >= 11 is 0. The maximum absolute atomic E-state index is 10.8. The van der Waals surface area contributed by atoms with E-state index in [1.807, 2.05) is 6.92 Å². The van der Waals surface area contributed by atoms with Crippen LogP contribution < -0.4 is 4.90 Å². The normalized spacial score (nSPS) is 17.9. The molecule has 0 aliphatic carbocycles. The van der Waals surface area contributed by atoms with Crippen molar-refractivity contribution in [1.29, 1.82) is 0 Å². The summed E-state index contributed by atoms with van der Waals surface area (Å²) in [6.07, 6.45) is 4.96. The maximum Gasteiger partial charge on any atom is 0.127 e. The molecule has 2 heteroatoms. The minimum absolute atomic E-state index is 0.00380. The molecule has 0 amide bonds. The van der Waals surface area contributed by atoms with Crippen LogP contribution in [0, 0.1) is 6.92 Å². The van der Waals surface area contributed by atoms with Crippen LogP contribution in [0.5, 0.6) is 0 Å². The van der Waals surface area contributed by atoms with E-state index in [-0.39, 0.29) is 5.92 Å². The molecular weight excluding hydrogens is 210 g/mol. The molecule has 1 aliphatic rings. The van der Waals surface area contributed by atoms with Crippen molar-refractivity contribution < 1.29 is 4.79 Å². The zero-order valence-electron chi connectivity index (χ0n) is 10.8. The second-order valence-electron chi connectivity index (χ2n) is 5.02. The van der Waals surface area contributed by atoms with Crippen molar-refractivity contribution in [1.82, 2.24) is 0 Å². The Bertz CT molecular complexity index is 394. The van der Waals surface area contributed by atoms with Gasteiger partial charge in [-0.05, 0) is 43.4 Å². The molecule has 0 saturated carbocycles. The van der Waals surface area contributed by atoms with Crippen molar-refractivity contribution in [3.8, 4) is 0 Å². The molecule has 1 fully saturated rings. The predicted octanol–water partition coefficient (Wildman–Crippen LogP) is 3.29. The minimum Gasteiger partial charge on any atom is -0.371 e.